The van der Waals surface area contributed by atoms with Gasteiger partial charge in [0, 0.05) is 11.9 Å². The maximum atomic E-state index is 12.2. The lowest BCUT2D eigenvalue weighted by Crippen LogP contribution is -2.30. The van der Waals surface area contributed by atoms with Crippen LogP contribution in [-0.2, 0) is 25.8 Å². The molecule has 1 N–H and O–H groups in total. The Hall–Kier alpha value is -1.54. The summed E-state index contributed by atoms with van der Waals surface area (Å²) < 4.78 is 0. The topological polar surface area (TPSA) is 71.0 Å². The number of fused-ring (bicyclic) bond motifs is 1. The SMILES string of the molecule is CCc1nnc(NC(=O)N(C)Cc2nc3c(s2)CCCC3)s1. The van der Waals surface area contributed by atoms with Gasteiger partial charge in [0.25, 0.3) is 0 Å². The van der Waals surface area contributed by atoms with E-state index in [1.165, 1.54) is 34.7 Å². The molecule has 0 radical (unpaired) electrons. The summed E-state index contributed by atoms with van der Waals surface area (Å²) in [6, 6.07) is -0.174. The molecule has 118 valence electrons. The van der Waals surface area contributed by atoms with Crippen molar-refractivity contribution < 1.29 is 4.79 Å². The van der Waals surface area contributed by atoms with Gasteiger partial charge in [-0.3, -0.25) is 5.32 Å². The highest BCUT2D eigenvalue weighted by atomic mass is 32.1. The van der Waals surface area contributed by atoms with Crippen LogP contribution in [0.2, 0.25) is 0 Å². The van der Waals surface area contributed by atoms with E-state index in [4.69, 9.17) is 0 Å². The Balaban J connectivity index is 1.59. The van der Waals surface area contributed by atoms with Crippen LogP contribution in [0.5, 0.6) is 0 Å². The summed E-state index contributed by atoms with van der Waals surface area (Å²) in [5.41, 5.74) is 1.23. The quantitative estimate of drug-likeness (QED) is 0.930. The van der Waals surface area contributed by atoms with Crippen LogP contribution < -0.4 is 5.32 Å². The van der Waals surface area contributed by atoms with E-state index in [9.17, 15) is 4.79 Å². The van der Waals surface area contributed by atoms with Crippen molar-refractivity contribution in [2.45, 2.75) is 45.6 Å². The molecule has 0 saturated carbocycles. The van der Waals surface area contributed by atoms with E-state index in [-0.39, 0.29) is 6.03 Å². The lowest BCUT2D eigenvalue weighted by Gasteiger charge is -2.15. The first-order chi connectivity index (χ1) is 10.7. The third-order valence-electron chi connectivity index (χ3n) is 3.59. The van der Waals surface area contributed by atoms with Crippen molar-refractivity contribution in [3.63, 3.8) is 0 Å². The number of amides is 2. The maximum Gasteiger partial charge on any atom is 0.323 e. The molecule has 0 bridgehead atoms. The van der Waals surface area contributed by atoms with Gasteiger partial charge < -0.3 is 4.90 Å². The van der Waals surface area contributed by atoms with Crippen LogP contribution in [0.15, 0.2) is 0 Å². The van der Waals surface area contributed by atoms with Crippen LogP contribution in [0.4, 0.5) is 9.93 Å². The van der Waals surface area contributed by atoms with Crippen LogP contribution in [0.25, 0.3) is 0 Å². The van der Waals surface area contributed by atoms with Crippen LogP contribution in [0.1, 0.15) is 40.4 Å². The van der Waals surface area contributed by atoms with E-state index < -0.39 is 0 Å². The third-order valence-corrected chi connectivity index (χ3v) is 5.72. The van der Waals surface area contributed by atoms with Crippen molar-refractivity contribution in [2.75, 3.05) is 12.4 Å². The molecule has 1 aliphatic rings. The molecule has 0 aliphatic heterocycles. The zero-order valence-electron chi connectivity index (χ0n) is 12.8. The zero-order valence-corrected chi connectivity index (χ0v) is 14.4. The number of carbonyl (C=O) groups is 1. The first-order valence-corrected chi connectivity index (χ1v) is 9.11. The normalized spacial score (nSPS) is 13.7. The Labute approximate surface area is 137 Å². The molecule has 2 aromatic heterocycles. The molecule has 2 amide bonds. The number of urea groups is 1. The van der Waals surface area contributed by atoms with Gasteiger partial charge in [-0.2, -0.15) is 0 Å². The first-order valence-electron chi connectivity index (χ1n) is 7.47. The van der Waals surface area contributed by atoms with Crippen molar-refractivity contribution in [2.24, 2.45) is 0 Å². The molecule has 2 heterocycles. The largest absolute Gasteiger partial charge is 0.323 e. The van der Waals surface area contributed by atoms with E-state index >= 15 is 0 Å². The molecule has 1 aliphatic carbocycles. The van der Waals surface area contributed by atoms with E-state index in [0.717, 1.165) is 29.3 Å². The van der Waals surface area contributed by atoms with E-state index in [1.807, 2.05) is 6.92 Å². The predicted molar refractivity (Wildman–Crippen MR) is 88.5 cm³/mol. The lowest BCUT2D eigenvalue weighted by molar-refractivity contribution is 0.220. The fourth-order valence-electron chi connectivity index (χ4n) is 2.38. The van der Waals surface area contributed by atoms with Gasteiger partial charge in [0.15, 0.2) is 0 Å². The average molecular weight is 337 g/mol. The second-order valence-corrected chi connectivity index (χ2v) is 7.56. The smallest absolute Gasteiger partial charge is 0.321 e. The van der Waals surface area contributed by atoms with Crippen LogP contribution in [0.3, 0.4) is 0 Å². The molecular weight excluding hydrogens is 318 g/mol. The van der Waals surface area contributed by atoms with Crippen molar-refractivity contribution in [1.82, 2.24) is 20.1 Å². The molecular formula is C14H19N5OS2. The Morgan fingerprint density at radius 3 is 2.77 bits per heavy atom. The molecule has 0 saturated heterocycles. The van der Waals surface area contributed by atoms with Gasteiger partial charge in [0.2, 0.25) is 5.13 Å². The summed E-state index contributed by atoms with van der Waals surface area (Å²) in [5.74, 6) is 0. The molecule has 0 aromatic carbocycles. The highest BCUT2D eigenvalue weighted by Crippen LogP contribution is 2.27. The molecule has 0 atom stereocenters. The molecule has 0 fully saturated rings. The van der Waals surface area contributed by atoms with Gasteiger partial charge in [0.1, 0.15) is 10.0 Å². The van der Waals surface area contributed by atoms with E-state index in [0.29, 0.717) is 11.7 Å². The number of aryl methyl sites for hydroxylation is 3. The summed E-state index contributed by atoms with van der Waals surface area (Å²) in [7, 11) is 1.78. The molecule has 22 heavy (non-hydrogen) atoms. The Morgan fingerprint density at radius 1 is 1.23 bits per heavy atom. The number of hydrogen-bond donors (Lipinski definition) is 1. The number of carbonyl (C=O) groups excluding carboxylic acids is 1. The molecule has 0 spiro atoms. The van der Waals surface area contributed by atoms with Gasteiger partial charge in [-0.15, -0.1) is 21.5 Å². The molecule has 3 rings (SSSR count). The second-order valence-electron chi connectivity index (χ2n) is 5.33. The van der Waals surface area contributed by atoms with Crippen molar-refractivity contribution >= 4 is 33.8 Å². The summed E-state index contributed by atoms with van der Waals surface area (Å²) in [6.45, 7) is 2.55. The number of thiazole rings is 1. The second kappa shape index (κ2) is 6.70. The number of nitrogens with one attached hydrogen (secondary N) is 1. The van der Waals surface area contributed by atoms with Crippen molar-refractivity contribution in [1.29, 1.82) is 0 Å². The minimum Gasteiger partial charge on any atom is -0.321 e. The van der Waals surface area contributed by atoms with Gasteiger partial charge in [-0.25, -0.2) is 9.78 Å². The van der Waals surface area contributed by atoms with Crippen LogP contribution >= 0.6 is 22.7 Å². The van der Waals surface area contributed by atoms with Gasteiger partial charge >= 0.3 is 6.03 Å². The summed E-state index contributed by atoms with van der Waals surface area (Å²) in [6.07, 6.45) is 5.51. The fourth-order valence-corrected chi connectivity index (χ4v) is 4.26. The molecule has 6 nitrogen and oxygen atoms in total. The minimum absolute atomic E-state index is 0.174. The van der Waals surface area contributed by atoms with Gasteiger partial charge in [-0.1, -0.05) is 18.3 Å². The highest BCUT2D eigenvalue weighted by Gasteiger charge is 2.18. The van der Waals surface area contributed by atoms with Gasteiger partial charge in [-0.05, 0) is 32.1 Å². The number of anilines is 1. The minimum atomic E-state index is -0.174. The van der Waals surface area contributed by atoms with E-state index in [2.05, 4.69) is 20.5 Å². The Kier molecular flexibility index (Phi) is 4.68. The number of hydrogen-bond acceptors (Lipinski definition) is 6. The Morgan fingerprint density at radius 2 is 2.05 bits per heavy atom. The zero-order chi connectivity index (χ0) is 15.5. The van der Waals surface area contributed by atoms with Crippen LogP contribution in [-0.4, -0.2) is 33.2 Å². The number of aromatic nitrogens is 3. The number of nitrogens with zero attached hydrogens (tertiary/aromatic N) is 4. The third kappa shape index (κ3) is 3.44. The van der Waals surface area contributed by atoms with Crippen molar-refractivity contribution in [3.05, 3.63) is 20.6 Å². The van der Waals surface area contributed by atoms with E-state index in [1.54, 1.807) is 23.3 Å². The standard InChI is InChI=1S/C14H19N5OS2/c1-3-11-17-18-13(22-11)16-14(20)19(2)8-12-15-9-6-4-5-7-10(9)21-12/h3-8H2,1-2H3,(H,16,18,20). The predicted octanol–water partition coefficient (Wildman–Crippen LogP) is 3.10. The first kappa shape index (κ1) is 15.4. The van der Waals surface area contributed by atoms with Crippen LogP contribution in [0, 0.1) is 0 Å². The van der Waals surface area contributed by atoms with Gasteiger partial charge in [0.05, 0.1) is 12.2 Å². The maximum absolute atomic E-state index is 12.2. The highest BCUT2D eigenvalue weighted by molar-refractivity contribution is 7.15. The monoisotopic (exact) mass is 337 g/mol. The summed E-state index contributed by atoms with van der Waals surface area (Å²) in [4.78, 5) is 19.9. The Bertz CT molecular complexity index is 642. The average Bonchev–Trinajstić information content (AvgIpc) is 3.12. The summed E-state index contributed by atoms with van der Waals surface area (Å²) >= 11 is 3.15. The molecule has 8 heteroatoms. The fraction of sp³-hybridized carbons (Fsp3) is 0.571. The summed E-state index contributed by atoms with van der Waals surface area (Å²) in [5, 5.41) is 13.2. The molecule has 0 unspecified atom stereocenters. The molecule has 2 aromatic rings. The lowest BCUT2D eigenvalue weighted by atomic mass is 10.0. The number of rotatable bonds is 4. The van der Waals surface area contributed by atoms with Crippen molar-refractivity contribution in [3.8, 4) is 0 Å².